The Morgan fingerprint density at radius 1 is 1.00 bits per heavy atom. The van der Waals surface area contributed by atoms with Gasteiger partial charge >= 0.3 is 0 Å². The number of allylic oxidation sites excluding steroid dienone is 1. The van der Waals surface area contributed by atoms with E-state index >= 15 is 0 Å². The van der Waals surface area contributed by atoms with Crippen molar-refractivity contribution in [3.05, 3.63) is 47.2 Å². The minimum Gasteiger partial charge on any atom is -0.515 e. The van der Waals surface area contributed by atoms with E-state index < -0.39 is 0 Å². The van der Waals surface area contributed by atoms with Gasteiger partial charge in [-0.25, -0.2) is 0 Å². The topological polar surface area (TPSA) is 37.3 Å². The molecular weight excluding hydrogens is 224 g/mol. The Labute approximate surface area is 111 Å². The first kappa shape index (κ1) is 18.8. The van der Waals surface area contributed by atoms with Crippen molar-refractivity contribution >= 4 is 5.78 Å². The van der Waals surface area contributed by atoms with Gasteiger partial charge in [0, 0.05) is 17.6 Å². The Hall–Kier alpha value is -1.57. The van der Waals surface area contributed by atoms with Crippen LogP contribution in [0.25, 0.3) is 0 Å². The molecule has 0 saturated heterocycles. The van der Waals surface area contributed by atoms with E-state index in [0.717, 1.165) is 17.4 Å². The third-order valence-electron chi connectivity index (χ3n) is 2.09. The molecule has 1 N–H and O–H groups in total. The maximum Gasteiger partial charge on any atom is 0.192 e. The molecule has 0 unspecified atom stereocenters. The van der Waals surface area contributed by atoms with Crippen LogP contribution in [-0.4, -0.2) is 10.9 Å². The SMILES string of the molecule is CC.CC.CC.O=C1/C(=C\O)Cc2ccccc21. The van der Waals surface area contributed by atoms with Crippen molar-refractivity contribution in [2.75, 3.05) is 0 Å². The highest BCUT2D eigenvalue weighted by molar-refractivity contribution is 6.12. The lowest BCUT2D eigenvalue weighted by atomic mass is 10.1. The number of benzene rings is 1. The Bertz CT molecular complexity index is 365. The molecule has 1 aromatic rings. The van der Waals surface area contributed by atoms with E-state index in [0.29, 0.717) is 12.0 Å². The van der Waals surface area contributed by atoms with Crippen LogP contribution in [0, 0.1) is 0 Å². The molecular formula is C16H26O2. The van der Waals surface area contributed by atoms with E-state index in [1.165, 1.54) is 0 Å². The second kappa shape index (κ2) is 11.9. The summed E-state index contributed by atoms with van der Waals surface area (Å²) in [4.78, 5) is 11.4. The van der Waals surface area contributed by atoms with Crippen molar-refractivity contribution in [2.24, 2.45) is 0 Å². The summed E-state index contributed by atoms with van der Waals surface area (Å²) >= 11 is 0. The summed E-state index contributed by atoms with van der Waals surface area (Å²) in [6.07, 6.45) is 1.47. The van der Waals surface area contributed by atoms with Gasteiger partial charge < -0.3 is 5.11 Å². The molecule has 2 nitrogen and oxygen atoms in total. The molecule has 0 bridgehead atoms. The summed E-state index contributed by atoms with van der Waals surface area (Å²) in [6, 6.07) is 7.42. The van der Waals surface area contributed by atoms with Crippen LogP contribution in [-0.2, 0) is 6.42 Å². The fourth-order valence-electron chi connectivity index (χ4n) is 1.46. The van der Waals surface area contributed by atoms with Crippen LogP contribution in [0.5, 0.6) is 0 Å². The second-order valence-corrected chi connectivity index (χ2v) is 2.82. The van der Waals surface area contributed by atoms with Crippen molar-refractivity contribution in [1.29, 1.82) is 0 Å². The molecule has 0 heterocycles. The highest BCUT2D eigenvalue weighted by atomic mass is 16.2. The van der Waals surface area contributed by atoms with Crippen LogP contribution >= 0.6 is 0 Å². The minimum atomic E-state index is -0.0481. The Morgan fingerprint density at radius 2 is 1.50 bits per heavy atom. The lowest BCUT2D eigenvalue weighted by Gasteiger charge is -1.91. The number of carbonyl (C=O) groups is 1. The summed E-state index contributed by atoms with van der Waals surface area (Å²) in [5.74, 6) is -0.0481. The Balaban J connectivity index is 0. The minimum absolute atomic E-state index is 0.0481. The maximum atomic E-state index is 11.4. The van der Waals surface area contributed by atoms with Gasteiger partial charge in [-0.3, -0.25) is 4.79 Å². The molecule has 18 heavy (non-hydrogen) atoms. The summed E-state index contributed by atoms with van der Waals surface area (Å²) in [7, 11) is 0. The van der Waals surface area contributed by atoms with Gasteiger partial charge in [-0.15, -0.1) is 0 Å². The molecule has 102 valence electrons. The standard InChI is InChI=1S/C10H8O2.3C2H6/c11-6-8-5-7-3-1-2-4-9(7)10(8)12;3*1-2/h1-4,6,11H,5H2;3*1-2H3/b8-6-;;;. The molecule has 2 heteroatoms. The quantitative estimate of drug-likeness (QED) is 0.522. The number of aliphatic hydroxyl groups is 1. The fourth-order valence-corrected chi connectivity index (χ4v) is 1.46. The van der Waals surface area contributed by atoms with Crippen molar-refractivity contribution < 1.29 is 9.90 Å². The van der Waals surface area contributed by atoms with Gasteiger partial charge in [-0.2, -0.15) is 0 Å². The molecule has 0 saturated carbocycles. The predicted octanol–water partition coefficient (Wildman–Crippen LogP) is 4.95. The predicted molar refractivity (Wildman–Crippen MR) is 79.2 cm³/mol. The van der Waals surface area contributed by atoms with E-state index in [1.54, 1.807) is 6.07 Å². The fraction of sp³-hybridized carbons (Fsp3) is 0.438. The van der Waals surface area contributed by atoms with E-state index in [4.69, 9.17) is 5.11 Å². The number of carbonyl (C=O) groups excluding carboxylic acids is 1. The lowest BCUT2D eigenvalue weighted by molar-refractivity contribution is 0.103. The molecule has 1 aliphatic rings. The summed E-state index contributed by atoms with van der Waals surface area (Å²) in [5.41, 5.74) is 2.21. The third-order valence-corrected chi connectivity index (χ3v) is 2.09. The van der Waals surface area contributed by atoms with Gasteiger partial charge in [-0.05, 0) is 5.56 Å². The number of aliphatic hydroxyl groups excluding tert-OH is 1. The smallest absolute Gasteiger partial charge is 0.192 e. The van der Waals surface area contributed by atoms with Gasteiger partial charge in [0.05, 0.1) is 6.26 Å². The van der Waals surface area contributed by atoms with E-state index in [-0.39, 0.29) is 5.78 Å². The van der Waals surface area contributed by atoms with Crippen LogP contribution < -0.4 is 0 Å². The summed E-state index contributed by atoms with van der Waals surface area (Å²) in [5, 5.41) is 8.73. The molecule has 0 aliphatic heterocycles. The average Bonchev–Trinajstić information content (AvgIpc) is 2.82. The van der Waals surface area contributed by atoms with Crippen LogP contribution in [0.3, 0.4) is 0 Å². The number of Topliss-reactive ketones (excluding diaryl/α,β-unsaturated/α-hetero) is 1. The zero-order chi connectivity index (χ0) is 14.6. The van der Waals surface area contributed by atoms with E-state index in [2.05, 4.69) is 0 Å². The highest BCUT2D eigenvalue weighted by Gasteiger charge is 2.23. The van der Waals surface area contributed by atoms with Gasteiger partial charge in [0.25, 0.3) is 0 Å². The monoisotopic (exact) mass is 250 g/mol. The molecule has 0 amide bonds. The second-order valence-electron chi connectivity index (χ2n) is 2.82. The number of ketones is 1. The first-order chi connectivity index (χ1) is 8.83. The number of fused-ring (bicyclic) bond motifs is 1. The van der Waals surface area contributed by atoms with E-state index in [1.807, 2.05) is 59.7 Å². The number of rotatable bonds is 0. The average molecular weight is 250 g/mol. The van der Waals surface area contributed by atoms with Gasteiger partial charge in [0.15, 0.2) is 5.78 Å². The molecule has 0 fully saturated rings. The van der Waals surface area contributed by atoms with Crippen LogP contribution in [0.1, 0.15) is 57.5 Å². The Kier molecular flexibility index (Phi) is 12.4. The molecule has 0 aromatic heterocycles. The molecule has 1 aromatic carbocycles. The number of hydrogen-bond acceptors (Lipinski definition) is 2. The number of hydrogen-bond donors (Lipinski definition) is 1. The Morgan fingerprint density at radius 3 is 1.94 bits per heavy atom. The molecule has 0 radical (unpaired) electrons. The first-order valence-electron chi connectivity index (χ1n) is 6.79. The largest absolute Gasteiger partial charge is 0.515 e. The normalized spacial score (nSPS) is 13.2. The van der Waals surface area contributed by atoms with Crippen LogP contribution in [0.15, 0.2) is 36.1 Å². The van der Waals surface area contributed by atoms with Crippen molar-refractivity contribution in [1.82, 2.24) is 0 Å². The summed E-state index contributed by atoms with van der Waals surface area (Å²) in [6.45, 7) is 12.0. The molecule has 2 rings (SSSR count). The van der Waals surface area contributed by atoms with Gasteiger partial charge in [0.2, 0.25) is 0 Å². The van der Waals surface area contributed by atoms with Crippen molar-refractivity contribution in [3.8, 4) is 0 Å². The highest BCUT2D eigenvalue weighted by Crippen LogP contribution is 2.24. The molecule has 0 atom stereocenters. The molecule has 0 spiro atoms. The first-order valence-corrected chi connectivity index (χ1v) is 6.79. The zero-order valence-corrected chi connectivity index (χ0v) is 12.4. The van der Waals surface area contributed by atoms with Crippen molar-refractivity contribution in [3.63, 3.8) is 0 Å². The maximum absolute atomic E-state index is 11.4. The van der Waals surface area contributed by atoms with Crippen LogP contribution in [0.4, 0.5) is 0 Å². The summed E-state index contributed by atoms with van der Waals surface area (Å²) < 4.78 is 0. The van der Waals surface area contributed by atoms with Crippen molar-refractivity contribution in [2.45, 2.75) is 48.0 Å². The zero-order valence-electron chi connectivity index (χ0n) is 12.4. The molecule has 1 aliphatic carbocycles. The third kappa shape index (κ3) is 4.74. The van der Waals surface area contributed by atoms with E-state index in [9.17, 15) is 4.79 Å². The van der Waals surface area contributed by atoms with Gasteiger partial charge in [-0.1, -0.05) is 65.8 Å². The van der Waals surface area contributed by atoms with Crippen LogP contribution in [0.2, 0.25) is 0 Å². The van der Waals surface area contributed by atoms with Gasteiger partial charge in [0.1, 0.15) is 0 Å². The lowest BCUT2D eigenvalue weighted by Crippen LogP contribution is -1.94.